The van der Waals surface area contributed by atoms with Crippen molar-refractivity contribution < 1.29 is 4.74 Å². The van der Waals surface area contributed by atoms with E-state index in [1.54, 1.807) is 0 Å². The Labute approximate surface area is 129 Å². The van der Waals surface area contributed by atoms with Gasteiger partial charge in [0.05, 0.1) is 0 Å². The summed E-state index contributed by atoms with van der Waals surface area (Å²) < 4.78 is 6.85. The van der Waals surface area contributed by atoms with Gasteiger partial charge in [-0.15, -0.1) is 0 Å². The van der Waals surface area contributed by atoms with Crippen molar-refractivity contribution in [2.75, 3.05) is 18.5 Å². The molecule has 20 heavy (non-hydrogen) atoms. The largest absolute Gasteiger partial charge is 0.492 e. The maximum absolute atomic E-state index is 5.78. The van der Waals surface area contributed by atoms with Gasteiger partial charge in [0.1, 0.15) is 12.4 Å². The highest BCUT2D eigenvalue weighted by Crippen LogP contribution is 2.21. The zero-order valence-electron chi connectivity index (χ0n) is 11.9. The molecular formula is C17H20BrNO. The minimum Gasteiger partial charge on any atom is -0.492 e. The lowest BCUT2D eigenvalue weighted by atomic mass is 10.0. The summed E-state index contributed by atoms with van der Waals surface area (Å²) in [6, 6.07) is 16.4. The standard InChI is InChI=1S/C17H20BrNO/c1-13(2)14-6-5-7-15(12-14)20-11-10-19-17-9-4-3-8-16(17)18/h3-9,12-13,19H,10-11H2,1-2H3. The number of benzene rings is 2. The molecule has 2 nitrogen and oxygen atoms in total. The van der Waals surface area contributed by atoms with Crippen molar-refractivity contribution in [2.24, 2.45) is 0 Å². The van der Waals surface area contributed by atoms with Gasteiger partial charge < -0.3 is 10.1 Å². The summed E-state index contributed by atoms with van der Waals surface area (Å²) in [5, 5.41) is 3.35. The minimum absolute atomic E-state index is 0.525. The zero-order chi connectivity index (χ0) is 14.4. The summed E-state index contributed by atoms with van der Waals surface area (Å²) in [5.74, 6) is 1.46. The van der Waals surface area contributed by atoms with Gasteiger partial charge in [0.25, 0.3) is 0 Å². The topological polar surface area (TPSA) is 21.3 Å². The van der Waals surface area contributed by atoms with E-state index in [0.717, 1.165) is 22.5 Å². The van der Waals surface area contributed by atoms with Crippen molar-refractivity contribution >= 4 is 21.6 Å². The Morgan fingerprint density at radius 3 is 2.65 bits per heavy atom. The third kappa shape index (κ3) is 4.27. The minimum atomic E-state index is 0.525. The molecule has 106 valence electrons. The smallest absolute Gasteiger partial charge is 0.119 e. The van der Waals surface area contributed by atoms with E-state index in [0.29, 0.717) is 12.5 Å². The van der Waals surface area contributed by atoms with Gasteiger partial charge in [0.15, 0.2) is 0 Å². The first-order valence-corrected chi connectivity index (χ1v) is 7.67. The number of halogens is 1. The molecule has 1 N–H and O–H groups in total. The summed E-state index contributed by atoms with van der Waals surface area (Å²) in [6.07, 6.45) is 0. The van der Waals surface area contributed by atoms with E-state index in [4.69, 9.17) is 4.74 Å². The van der Waals surface area contributed by atoms with Crippen molar-refractivity contribution in [2.45, 2.75) is 19.8 Å². The number of ether oxygens (including phenoxy) is 1. The second-order valence-corrected chi connectivity index (χ2v) is 5.84. The molecule has 0 aliphatic rings. The molecule has 0 amide bonds. The molecule has 0 radical (unpaired) electrons. The van der Waals surface area contributed by atoms with E-state index in [2.05, 4.69) is 47.2 Å². The van der Waals surface area contributed by atoms with E-state index in [-0.39, 0.29) is 0 Å². The Kier molecular flexibility index (Phi) is 5.48. The van der Waals surface area contributed by atoms with Crippen LogP contribution in [0.4, 0.5) is 5.69 Å². The van der Waals surface area contributed by atoms with Gasteiger partial charge in [0, 0.05) is 16.7 Å². The van der Waals surface area contributed by atoms with Crippen LogP contribution in [0, 0.1) is 0 Å². The molecule has 0 aliphatic heterocycles. The van der Waals surface area contributed by atoms with Gasteiger partial charge in [-0.2, -0.15) is 0 Å². The molecule has 0 bridgehead atoms. The highest BCUT2D eigenvalue weighted by molar-refractivity contribution is 9.10. The Balaban J connectivity index is 1.82. The fourth-order valence-corrected chi connectivity index (χ4v) is 2.35. The SMILES string of the molecule is CC(C)c1cccc(OCCNc2ccccc2Br)c1. The third-order valence-corrected chi connectivity index (χ3v) is 3.78. The van der Waals surface area contributed by atoms with E-state index < -0.39 is 0 Å². The fourth-order valence-electron chi connectivity index (χ4n) is 1.92. The summed E-state index contributed by atoms with van der Waals surface area (Å²) >= 11 is 3.52. The second-order valence-electron chi connectivity index (χ2n) is 4.98. The van der Waals surface area contributed by atoms with Crippen LogP contribution in [-0.4, -0.2) is 13.2 Å². The molecule has 0 atom stereocenters. The fraction of sp³-hybridized carbons (Fsp3) is 0.294. The Morgan fingerprint density at radius 1 is 1.10 bits per heavy atom. The highest BCUT2D eigenvalue weighted by Gasteiger charge is 2.01. The van der Waals surface area contributed by atoms with Crippen molar-refractivity contribution in [1.82, 2.24) is 0 Å². The maximum atomic E-state index is 5.78. The lowest BCUT2D eigenvalue weighted by molar-refractivity contribution is 0.332. The van der Waals surface area contributed by atoms with Crippen LogP contribution < -0.4 is 10.1 Å². The van der Waals surface area contributed by atoms with Crippen LogP contribution in [0.2, 0.25) is 0 Å². The van der Waals surface area contributed by atoms with Gasteiger partial charge in [-0.05, 0) is 51.7 Å². The van der Waals surface area contributed by atoms with Crippen LogP contribution in [0.25, 0.3) is 0 Å². The Bertz CT molecular complexity index is 554. The van der Waals surface area contributed by atoms with Crippen LogP contribution in [0.5, 0.6) is 5.75 Å². The molecule has 0 aliphatic carbocycles. The molecule has 0 fully saturated rings. The maximum Gasteiger partial charge on any atom is 0.119 e. The van der Waals surface area contributed by atoms with Crippen LogP contribution in [0.3, 0.4) is 0 Å². The first-order chi connectivity index (χ1) is 9.66. The first-order valence-electron chi connectivity index (χ1n) is 6.88. The molecule has 0 saturated carbocycles. The summed E-state index contributed by atoms with van der Waals surface area (Å²) in [5.41, 5.74) is 2.40. The lowest BCUT2D eigenvalue weighted by Crippen LogP contribution is -2.11. The second kappa shape index (κ2) is 7.34. The summed E-state index contributed by atoms with van der Waals surface area (Å²) in [6.45, 7) is 5.79. The monoisotopic (exact) mass is 333 g/mol. The van der Waals surface area contributed by atoms with E-state index in [1.165, 1.54) is 5.56 Å². The van der Waals surface area contributed by atoms with Crippen molar-refractivity contribution in [3.05, 3.63) is 58.6 Å². The molecule has 2 aromatic carbocycles. The van der Waals surface area contributed by atoms with Crippen LogP contribution in [-0.2, 0) is 0 Å². The number of nitrogens with one attached hydrogen (secondary N) is 1. The summed E-state index contributed by atoms with van der Waals surface area (Å²) in [4.78, 5) is 0. The Hall–Kier alpha value is -1.48. The number of para-hydroxylation sites is 1. The lowest BCUT2D eigenvalue weighted by Gasteiger charge is -2.11. The normalized spacial score (nSPS) is 10.6. The highest BCUT2D eigenvalue weighted by atomic mass is 79.9. The van der Waals surface area contributed by atoms with Gasteiger partial charge in [-0.1, -0.05) is 38.1 Å². The molecule has 0 unspecified atom stereocenters. The van der Waals surface area contributed by atoms with Gasteiger partial charge in [0.2, 0.25) is 0 Å². The van der Waals surface area contributed by atoms with E-state index in [1.807, 2.05) is 36.4 Å². The predicted octanol–water partition coefficient (Wildman–Crippen LogP) is 5.06. The van der Waals surface area contributed by atoms with E-state index in [9.17, 15) is 0 Å². The van der Waals surface area contributed by atoms with Crippen molar-refractivity contribution in [3.8, 4) is 5.75 Å². The quantitative estimate of drug-likeness (QED) is 0.745. The van der Waals surface area contributed by atoms with Crippen LogP contribution in [0.15, 0.2) is 53.0 Å². The predicted molar refractivity (Wildman–Crippen MR) is 88.7 cm³/mol. The number of hydrogen-bond acceptors (Lipinski definition) is 2. The number of hydrogen-bond donors (Lipinski definition) is 1. The Morgan fingerprint density at radius 2 is 1.90 bits per heavy atom. The summed E-state index contributed by atoms with van der Waals surface area (Å²) in [7, 11) is 0. The van der Waals surface area contributed by atoms with Crippen LogP contribution >= 0.6 is 15.9 Å². The molecule has 3 heteroatoms. The molecule has 2 aromatic rings. The molecule has 0 spiro atoms. The van der Waals surface area contributed by atoms with Gasteiger partial charge >= 0.3 is 0 Å². The van der Waals surface area contributed by atoms with Crippen molar-refractivity contribution in [3.63, 3.8) is 0 Å². The number of rotatable bonds is 6. The van der Waals surface area contributed by atoms with Crippen molar-refractivity contribution in [1.29, 1.82) is 0 Å². The van der Waals surface area contributed by atoms with Gasteiger partial charge in [-0.25, -0.2) is 0 Å². The number of anilines is 1. The zero-order valence-corrected chi connectivity index (χ0v) is 13.5. The molecule has 0 saturated heterocycles. The average Bonchev–Trinajstić information content (AvgIpc) is 2.45. The van der Waals surface area contributed by atoms with Gasteiger partial charge in [-0.3, -0.25) is 0 Å². The molecule has 0 aromatic heterocycles. The first kappa shape index (κ1) is 14.9. The van der Waals surface area contributed by atoms with E-state index >= 15 is 0 Å². The molecule has 0 heterocycles. The van der Waals surface area contributed by atoms with Crippen LogP contribution in [0.1, 0.15) is 25.3 Å². The molecule has 2 rings (SSSR count). The average molecular weight is 334 g/mol. The third-order valence-electron chi connectivity index (χ3n) is 3.08. The molecular weight excluding hydrogens is 314 g/mol.